The molecule has 4 rings (SSSR count). The Bertz CT molecular complexity index is 733. The Hall–Kier alpha value is -1.69. The van der Waals surface area contributed by atoms with Gasteiger partial charge in [0.2, 0.25) is 0 Å². The Morgan fingerprint density at radius 2 is 2.22 bits per heavy atom. The number of aromatic nitrogens is 3. The van der Waals surface area contributed by atoms with Crippen molar-refractivity contribution in [2.45, 2.75) is 26.2 Å². The van der Waals surface area contributed by atoms with Crippen molar-refractivity contribution in [3.05, 3.63) is 40.9 Å². The van der Waals surface area contributed by atoms with Gasteiger partial charge in [-0.25, -0.2) is 9.67 Å². The number of halogens is 1. The Labute approximate surface area is 143 Å². The fourth-order valence-corrected chi connectivity index (χ4v) is 4.26. The largest absolute Gasteiger partial charge is 0.351 e. The van der Waals surface area contributed by atoms with E-state index in [-0.39, 0.29) is 11.3 Å². The number of hydrogen-bond acceptors (Lipinski definition) is 3. The summed E-state index contributed by atoms with van der Waals surface area (Å²) >= 11 is 3.45. The van der Waals surface area contributed by atoms with Gasteiger partial charge in [-0.3, -0.25) is 4.79 Å². The van der Waals surface area contributed by atoms with E-state index >= 15 is 0 Å². The highest BCUT2D eigenvalue weighted by atomic mass is 79.9. The van der Waals surface area contributed by atoms with Crippen LogP contribution in [-0.4, -0.2) is 27.2 Å². The minimum Gasteiger partial charge on any atom is -0.351 e. The summed E-state index contributed by atoms with van der Waals surface area (Å²) in [5.41, 5.74) is 1.60. The molecule has 2 aliphatic carbocycles. The molecule has 2 unspecified atom stereocenters. The van der Waals surface area contributed by atoms with Crippen LogP contribution in [-0.2, 0) is 0 Å². The van der Waals surface area contributed by atoms with Crippen molar-refractivity contribution in [3.8, 4) is 5.69 Å². The predicted octanol–water partition coefficient (Wildman–Crippen LogP) is 3.20. The van der Waals surface area contributed by atoms with Crippen LogP contribution in [0.2, 0.25) is 0 Å². The molecule has 1 N–H and O–H groups in total. The molecule has 120 valence electrons. The summed E-state index contributed by atoms with van der Waals surface area (Å²) in [6.45, 7) is 3.03. The summed E-state index contributed by atoms with van der Waals surface area (Å²) in [5.74, 6) is 1.77. The number of carbonyl (C=O) groups excluding carboxylic acids is 1. The summed E-state index contributed by atoms with van der Waals surface area (Å²) < 4.78 is 2.52. The maximum atomic E-state index is 12.7. The molecule has 0 radical (unpaired) electrons. The van der Waals surface area contributed by atoms with Gasteiger partial charge in [0.15, 0.2) is 0 Å². The van der Waals surface area contributed by atoms with Gasteiger partial charge in [0.25, 0.3) is 5.91 Å². The summed E-state index contributed by atoms with van der Waals surface area (Å²) in [6, 6.07) is 5.59. The molecule has 2 aromatic rings. The fraction of sp³-hybridized carbons (Fsp3) is 0.471. The lowest BCUT2D eigenvalue weighted by atomic mass is 9.85. The van der Waals surface area contributed by atoms with Crippen LogP contribution < -0.4 is 5.32 Å². The van der Waals surface area contributed by atoms with E-state index in [1.165, 1.54) is 25.6 Å². The van der Waals surface area contributed by atoms with E-state index in [0.717, 1.165) is 28.5 Å². The Balaban J connectivity index is 1.52. The average molecular weight is 375 g/mol. The molecule has 5 nitrogen and oxygen atoms in total. The second-order valence-corrected chi connectivity index (χ2v) is 8.07. The molecule has 0 spiro atoms. The van der Waals surface area contributed by atoms with Crippen molar-refractivity contribution >= 4 is 21.8 Å². The lowest BCUT2D eigenvalue weighted by Crippen LogP contribution is -2.35. The van der Waals surface area contributed by atoms with Crippen LogP contribution in [0.4, 0.5) is 0 Å². The Morgan fingerprint density at radius 1 is 1.43 bits per heavy atom. The number of nitrogens with zero attached hydrogens (tertiary/aromatic N) is 3. The maximum Gasteiger partial charge on any atom is 0.253 e. The van der Waals surface area contributed by atoms with E-state index in [1.54, 1.807) is 11.0 Å². The van der Waals surface area contributed by atoms with Gasteiger partial charge >= 0.3 is 0 Å². The zero-order chi connectivity index (χ0) is 16.0. The third kappa shape index (κ3) is 2.92. The van der Waals surface area contributed by atoms with Crippen molar-refractivity contribution in [3.63, 3.8) is 0 Å². The molecule has 1 heterocycles. The quantitative estimate of drug-likeness (QED) is 0.893. The highest BCUT2D eigenvalue weighted by Gasteiger charge is 2.51. The fourth-order valence-electron chi connectivity index (χ4n) is 3.91. The Kier molecular flexibility index (Phi) is 3.52. The summed E-state index contributed by atoms with van der Waals surface area (Å²) in [6.07, 6.45) is 6.95. The molecular formula is C17H19BrN4O. The molecule has 23 heavy (non-hydrogen) atoms. The first-order valence-electron chi connectivity index (χ1n) is 7.97. The standard InChI is InChI=1S/C17H19BrN4O/c1-17(6-11-4-12(11)7-17)8-20-16(23)14-3-2-13(18)5-15(14)22-10-19-9-21-22/h2-3,5,9-12H,4,6-8H2,1H3,(H,20,23). The van der Waals surface area contributed by atoms with E-state index in [0.29, 0.717) is 5.56 Å². The molecule has 2 fully saturated rings. The number of rotatable bonds is 4. The summed E-state index contributed by atoms with van der Waals surface area (Å²) in [7, 11) is 0. The van der Waals surface area contributed by atoms with Crippen molar-refractivity contribution in [2.75, 3.05) is 6.54 Å². The van der Waals surface area contributed by atoms with E-state index in [4.69, 9.17) is 0 Å². The highest BCUT2D eigenvalue weighted by Crippen LogP contribution is 2.59. The van der Waals surface area contributed by atoms with Crippen LogP contribution in [0.3, 0.4) is 0 Å². The van der Waals surface area contributed by atoms with Crippen LogP contribution >= 0.6 is 15.9 Å². The van der Waals surface area contributed by atoms with Gasteiger partial charge in [-0.05, 0) is 54.7 Å². The first-order valence-corrected chi connectivity index (χ1v) is 8.76. The second kappa shape index (κ2) is 5.44. The summed E-state index contributed by atoms with van der Waals surface area (Å²) in [4.78, 5) is 16.6. The Morgan fingerprint density at radius 3 is 2.91 bits per heavy atom. The second-order valence-electron chi connectivity index (χ2n) is 7.16. The van der Waals surface area contributed by atoms with Crippen LogP contribution in [0.25, 0.3) is 5.69 Å². The average Bonchev–Trinajstić information content (AvgIpc) is 2.94. The summed E-state index contributed by atoms with van der Waals surface area (Å²) in [5, 5.41) is 7.27. The molecule has 1 aromatic heterocycles. The minimum absolute atomic E-state index is 0.0511. The molecule has 0 bridgehead atoms. The van der Waals surface area contributed by atoms with Gasteiger partial charge in [-0.2, -0.15) is 5.10 Å². The first kappa shape index (κ1) is 14.9. The number of nitrogens with one attached hydrogen (secondary N) is 1. The maximum absolute atomic E-state index is 12.7. The van der Waals surface area contributed by atoms with E-state index in [1.807, 2.05) is 18.2 Å². The van der Waals surface area contributed by atoms with Gasteiger partial charge < -0.3 is 5.32 Å². The number of carbonyl (C=O) groups is 1. The van der Waals surface area contributed by atoms with Crippen molar-refractivity contribution in [2.24, 2.45) is 17.3 Å². The molecule has 0 aliphatic heterocycles. The lowest BCUT2D eigenvalue weighted by Gasteiger charge is -2.26. The molecule has 1 amide bonds. The molecular weight excluding hydrogens is 356 g/mol. The van der Waals surface area contributed by atoms with Crippen LogP contribution in [0.15, 0.2) is 35.3 Å². The molecule has 1 aromatic carbocycles. The third-order valence-electron chi connectivity index (χ3n) is 5.12. The van der Waals surface area contributed by atoms with E-state index in [9.17, 15) is 4.79 Å². The third-order valence-corrected chi connectivity index (χ3v) is 5.62. The normalized spacial score (nSPS) is 28.4. The monoisotopic (exact) mass is 374 g/mol. The minimum atomic E-state index is -0.0511. The van der Waals surface area contributed by atoms with Crippen LogP contribution in [0.5, 0.6) is 0 Å². The van der Waals surface area contributed by atoms with Gasteiger partial charge in [-0.15, -0.1) is 0 Å². The van der Waals surface area contributed by atoms with Crippen LogP contribution in [0, 0.1) is 17.3 Å². The van der Waals surface area contributed by atoms with Gasteiger partial charge in [0, 0.05) is 11.0 Å². The zero-order valence-electron chi connectivity index (χ0n) is 13.0. The van der Waals surface area contributed by atoms with E-state index in [2.05, 4.69) is 38.3 Å². The van der Waals surface area contributed by atoms with Crippen molar-refractivity contribution < 1.29 is 4.79 Å². The smallest absolute Gasteiger partial charge is 0.253 e. The number of amides is 1. The number of hydrogen-bond donors (Lipinski definition) is 1. The molecule has 6 heteroatoms. The van der Waals surface area contributed by atoms with Crippen LogP contribution in [0.1, 0.15) is 36.5 Å². The lowest BCUT2D eigenvalue weighted by molar-refractivity contribution is 0.0931. The van der Waals surface area contributed by atoms with Gasteiger partial charge in [0.1, 0.15) is 12.7 Å². The highest BCUT2D eigenvalue weighted by molar-refractivity contribution is 9.10. The SMILES string of the molecule is CC1(CNC(=O)c2ccc(Br)cc2-n2cncn2)CC2CC2C1. The van der Waals surface area contributed by atoms with Crippen molar-refractivity contribution in [1.29, 1.82) is 0 Å². The zero-order valence-corrected chi connectivity index (χ0v) is 14.6. The topological polar surface area (TPSA) is 59.8 Å². The van der Waals surface area contributed by atoms with Gasteiger partial charge in [-0.1, -0.05) is 22.9 Å². The van der Waals surface area contributed by atoms with E-state index < -0.39 is 0 Å². The predicted molar refractivity (Wildman–Crippen MR) is 90.3 cm³/mol. The molecule has 2 atom stereocenters. The van der Waals surface area contributed by atoms with Crippen molar-refractivity contribution in [1.82, 2.24) is 20.1 Å². The molecule has 0 saturated heterocycles. The first-order chi connectivity index (χ1) is 11.0. The molecule has 2 aliphatic rings. The molecule has 2 saturated carbocycles. The van der Waals surface area contributed by atoms with Gasteiger partial charge in [0.05, 0.1) is 11.3 Å². The number of benzene rings is 1. The number of fused-ring (bicyclic) bond motifs is 1.